The first-order valence-electron chi connectivity index (χ1n) is 5.73. The highest BCUT2D eigenvalue weighted by Crippen LogP contribution is 2.18. The average Bonchev–Trinajstić information content (AvgIpc) is 2.26. The number of hydrogen-bond acceptors (Lipinski definition) is 3. The van der Waals surface area contributed by atoms with E-state index in [4.69, 9.17) is 4.74 Å². The van der Waals surface area contributed by atoms with Crippen LogP contribution in [-0.2, 0) is 4.74 Å². The number of benzene rings is 1. The van der Waals surface area contributed by atoms with Crippen molar-refractivity contribution in [2.75, 3.05) is 20.3 Å². The summed E-state index contributed by atoms with van der Waals surface area (Å²) in [4.78, 5) is 0. The summed E-state index contributed by atoms with van der Waals surface area (Å²) in [6.07, 6.45) is -1.03. The second-order valence-corrected chi connectivity index (χ2v) is 4.88. The zero-order chi connectivity index (χ0) is 13.8. The Morgan fingerprint density at radius 3 is 2.61 bits per heavy atom. The van der Waals surface area contributed by atoms with E-state index in [-0.39, 0.29) is 17.6 Å². The molecule has 1 aromatic rings. The summed E-state index contributed by atoms with van der Waals surface area (Å²) in [6, 6.07) is 3.14. The standard InChI is InChI=1S/C13H19F2NO2/c1-13(2,8-18-3)16-7-12(17)10-5-4-9(14)6-11(10)15/h4-6,12,16-17H,7-8H2,1-3H3. The fourth-order valence-electron chi connectivity index (χ4n) is 1.67. The third-order valence-electron chi connectivity index (χ3n) is 2.60. The third kappa shape index (κ3) is 4.33. The number of methoxy groups -OCH3 is 1. The van der Waals surface area contributed by atoms with Crippen LogP contribution < -0.4 is 5.32 Å². The Morgan fingerprint density at radius 2 is 2.06 bits per heavy atom. The largest absolute Gasteiger partial charge is 0.387 e. The average molecular weight is 259 g/mol. The zero-order valence-corrected chi connectivity index (χ0v) is 10.8. The maximum atomic E-state index is 13.4. The summed E-state index contributed by atoms with van der Waals surface area (Å²) in [5.41, 5.74) is -0.246. The third-order valence-corrected chi connectivity index (χ3v) is 2.60. The molecule has 0 saturated heterocycles. The van der Waals surface area contributed by atoms with Crippen LogP contribution in [0.5, 0.6) is 0 Å². The van der Waals surface area contributed by atoms with Crippen LogP contribution in [0.1, 0.15) is 25.5 Å². The van der Waals surface area contributed by atoms with Gasteiger partial charge in [-0.15, -0.1) is 0 Å². The Bertz CT molecular complexity index is 397. The molecular formula is C13H19F2NO2. The predicted molar refractivity (Wildman–Crippen MR) is 65.3 cm³/mol. The highest BCUT2D eigenvalue weighted by Gasteiger charge is 2.20. The normalized spacial score (nSPS) is 13.7. The molecule has 0 aliphatic rings. The number of aliphatic hydroxyl groups excluding tert-OH is 1. The molecule has 0 fully saturated rings. The first-order valence-corrected chi connectivity index (χ1v) is 5.73. The summed E-state index contributed by atoms with van der Waals surface area (Å²) < 4.78 is 31.2. The van der Waals surface area contributed by atoms with E-state index >= 15 is 0 Å². The minimum absolute atomic E-state index is 0.0807. The topological polar surface area (TPSA) is 41.5 Å². The summed E-state index contributed by atoms with van der Waals surface area (Å²) in [6.45, 7) is 4.44. The lowest BCUT2D eigenvalue weighted by molar-refractivity contribution is 0.106. The molecule has 0 heterocycles. The van der Waals surface area contributed by atoms with Gasteiger partial charge in [0.25, 0.3) is 0 Å². The van der Waals surface area contributed by atoms with Gasteiger partial charge in [0.05, 0.1) is 12.7 Å². The number of ether oxygens (including phenoxy) is 1. The first-order chi connectivity index (χ1) is 8.35. The van der Waals surface area contributed by atoms with Gasteiger partial charge in [0.1, 0.15) is 11.6 Å². The molecule has 0 spiro atoms. The summed E-state index contributed by atoms with van der Waals surface area (Å²) in [7, 11) is 1.58. The van der Waals surface area contributed by atoms with Gasteiger partial charge in [-0.25, -0.2) is 8.78 Å². The Labute approximate surface area is 106 Å². The van der Waals surface area contributed by atoms with Crippen molar-refractivity contribution in [1.82, 2.24) is 5.32 Å². The molecule has 0 aromatic heterocycles. The maximum absolute atomic E-state index is 13.4. The molecule has 3 nitrogen and oxygen atoms in total. The molecule has 1 unspecified atom stereocenters. The van der Waals surface area contributed by atoms with Crippen molar-refractivity contribution in [3.63, 3.8) is 0 Å². The van der Waals surface area contributed by atoms with Crippen LogP contribution >= 0.6 is 0 Å². The maximum Gasteiger partial charge on any atom is 0.131 e. The highest BCUT2D eigenvalue weighted by atomic mass is 19.1. The van der Waals surface area contributed by atoms with Crippen molar-refractivity contribution in [2.45, 2.75) is 25.5 Å². The fourth-order valence-corrected chi connectivity index (χ4v) is 1.67. The van der Waals surface area contributed by atoms with Crippen molar-refractivity contribution in [1.29, 1.82) is 0 Å². The number of nitrogens with one attached hydrogen (secondary N) is 1. The molecule has 0 radical (unpaired) electrons. The van der Waals surface area contributed by atoms with E-state index in [0.29, 0.717) is 6.61 Å². The van der Waals surface area contributed by atoms with Crippen LogP contribution in [0.25, 0.3) is 0 Å². The van der Waals surface area contributed by atoms with E-state index in [9.17, 15) is 13.9 Å². The van der Waals surface area contributed by atoms with Crippen LogP contribution in [0.4, 0.5) is 8.78 Å². The molecule has 0 amide bonds. The van der Waals surface area contributed by atoms with Crippen molar-refractivity contribution in [3.05, 3.63) is 35.4 Å². The second kappa shape index (κ2) is 6.22. The lowest BCUT2D eigenvalue weighted by atomic mass is 10.0. The smallest absolute Gasteiger partial charge is 0.131 e. The first kappa shape index (κ1) is 15.0. The Kier molecular flexibility index (Phi) is 5.19. The minimum atomic E-state index is -1.03. The quantitative estimate of drug-likeness (QED) is 0.821. The van der Waals surface area contributed by atoms with Gasteiger partial charge < -0.3 is 15.2 Å². The van der Waals surface area contributed by atoms with Crippen LogP contribution in [-0.4, -0.2) is 30.9 Å². The number of halogens is 2. The van der Waals surface area contributed by atoms with Crippen LogP contribution in [0.2, 0.25) is 0 Å². The van der Waals surface area contributed by atoms with Gasteiger partial charge >= 0.3 is 0 Å². The SMILES string of the molecule is COCC(C)(C)NCC(O)c1ccc(F)cc1F. The van der Waals surface area contributed by atoms with Crippen LogP contribution in [0, 0.1) is 11.6 Å². The lowest BCUT2D eigenvalue weighted by Crippen LogP contribution is -2.45. The molecule has 2 N–H and O–H groups in total. The van der Waals surface area contributed by atoms with Crippen LogP contribution in [0.15, 0.2) is 18.2 Å². The molecule has 1 rings (SSSR count). The molecule has 0 bridgehead atoms. The molecule has 1 aromatic carbocycles. The Hall–Kier alpha value is -1.04. The van der Waals surface area contributed by atoms with Crippen molar-refractivity contribution in [2.24, 2.45) is 0 Å². The lowest BCUT2D eigenvalue weighted by Gasteiger charge is -2.27. The summed E-state index contributed by atoms with van der Waals surface area (Å²) in [5, 5.41) is 12.9. The van der Waals surface area contributed by atoms with Gasteiger partial charge in [0, 0.05) is 30.8 Å². The minimum Gasteiger partial charge on any atom is -0.387 e. The van der Waals surface area contributed by atoms with E-state index in [0.717, 1.165) is 12.1 Å². The van der Waals surface area contributed by atoms with Gasteiger partial charge in [0.2, 0.25) is 0 Å². The summed E-state index contributed by atoms with van der Waals surface area (Å²) >= 11 is 0. The Balaban J connectivity index is 2.63. The number of aliphatic hydroxyl groups is 1. The molecule has 5 heteroatoms. The molecule has 0 saturated carbocycles. The number of β-amino-alcohol motifs (C(OH)–C–C–N with tert-alkyl or cyclic N) is 1. The molecule has 1 atom stereocenters. The van der Waals surface area contributed by atoms with Crippen molar-refractivity contribution < 1.29 is 18.6 Å². The van der Waals surface area contributed by atoms with Crippen molar-refractivity contribution >= 4 is 0 Å². The van der Waals surface area contributed by atoms with Gasteiger partial charge in [-0.2, -0.15) is 0 Å². The van der Waals surface area contributed by atoms with E-state index in [1.807, 2.05) is 13.8 Å². The highest BCUT2D eigenvalue weighted by molar-refractivity contribution is 5.21. The van der Waals surface area contributed by atoms with E-state index in [1.165, 1.54) is 6.07 Å². The zero-order valence-electron chi connectivity index (χ0n) is 10.8. The number of hydrogen-bond donors (Lipinski definition) is 2. The van der Waals surface area contributed by atoms with Crippen LogP contribution in [0.3, 0.4) is 0 Å². The van der Waals surface area contributed by atoms with E-state index < -0.39 is 17.7 Å². The Morgan fingerprint density at radius 1 is 1.39 bits per heavy atom. The van der Waals surface area contributed by atoms with Gasteiger partial charge in [-0.1, -0.05) is 6.07 Å². The van der Waals surface area contributed by atoms with Gasteiger partial charge in [0.15, 0.2) is 0 Å². The van der Waals surface area contributed by atoms with E-state index in [1.54, 1.807) is 7.11 Å². The summed E-state index contributed by atoms with van der Waals surface area (Å²) in [5.74, 6) is -1.40. The molecule has 102 valence electrons. The second-order valence-electron chi connectivity index (χ2n) is 4.88. The molecular weight excluding hydrogens is 240 g/mol. The molecule has 0 aliphatic carbocycles. The molecule has 18 heavy (non-hydrogen) atoms. The van der Waals surface area contributed by atoms with Crippen molar-refractivity contribution in [3.8, 4) is 0 Å². The fraction of sp³-hybridized carbons (Fsp3) is 0.538. The number of rotatable bonds is 6. The predicted octanol–water partition coefficient (Wildman–Crippen LogP) is 2.01. The van der Waals surface area contributed by atoms with E-state index in [2.05, 4.69) is 5.32 Å². The van der Waals surface area contributed by atoms with Gasteiger partial charge in [-0.05, 0) is 19.9 Å². The van der Waals surface area contributed by atoms with Gasteiger partial charge in [-0.3, -0.25) is 0 Å². The monoisotopic (exact) mass is 259 g/mol. The molecule has 0 aliphatic heterocycles.